The van der Waals surface area contributed by atoms with Crippen LogP contribution in [0.3, 0.4) is 0 Å². The zero-order valence-electron chi connectivity index (χ0n) is 17.9. The minimum Gasteiger partial charge on any atom is -0.455 e. The summed E-state index contributed by atoms with van der Waals surface area (Å²) in [4.78, 5) is 25.1. The van der Waals surface area contributed by atoms with Crippen LogP contribution in [0.25, 0.3) is 0 Å². The second-order valence-corrected chi connectivity index (χ2v) is 7.75. The van der Waals surface area contributed by atoms with E-state index < -0.39 is 29.4 Å². The topological polar surface area (TPSA) is 83.7 Å². The summed E-state index contributed by atoms with van der Waals surface area (Å²) in [6.07, 6.45) is -2.81. The number of benzene rings is 2. The van der Waals surface area contributed by atoms with Gasteiger partial charge in [0.05, 0.1) is 11.3 Å². The number of alkyl halides is 3. The summed E-state index contributed by atoms with van der Waals surface area (Å²) in [6.45, 7) is 1.64. The molecule has 0 aliphatic heterocycles. The van der Waals surface area contributed by atoms with Crippen LogP contribution in [0.1, 0.15) is 56.2 Å². The van der Waals surface area contributed by atoms with Crippen molar-refractivity contribution in [1.82, 2.24) is 5.43 Å². The second-order valence-electron chi connectivity index (χ2n) is 7.75. The first-order valence-electron chi connectivity index (χ1n) is 10.4. The summed E-state index contributed by atoms with van der Waals surface area (Å²) < 4.78 is 57.7. The molecule has 0 saturated heterocycles. The Balaban J connectivity index is 1.55. The van der Waals surface area contributed by atoms with Gasteiger partial charge in [-0.15, -0.1) is 0 Å². The van der Waals surface area contributed by atoms with Crippen LogP contribution in [0.5, 0.6) is 0 Å². The summed E-state index contributed by atoms with van der Waals surface area (Å²) >= 11 is 0. The lowest BCUT2D eigenvalue weighted by Crippen LogP contribution is -2.22. The number of carbonyl (C=O) groups excluding carboxylic acids is 2. The van der Waals surface area contributed by atoms with Gasteiger partial charge < -0.3 is 9.73 Å². The Kier molecular flexibility index (Phi) is 6.23. The van der Waals surface area contributed by atoms with E-state index in [9.17, 15) is 27.2 Å². The van der Waals surface area contributed by atoms with Crippen molar-refractivity contribution in [1.29, 1.82) is 0 Å². The number of hydrazone groups is 1. The van der Waals surface area contributed by atoms with Crippen molar-refractivity contribution < 1.29 is 31.6 Å². The summed E-state index contributed by atoms with van der Waals surface area (Å²) in [5.41, 5.74) is 3.32. The van der Waals surface area contributed by atoms with Gasteiger partial charge in [-0.2, -0.15) is 18.3 Å². The van der Waals surface area contributed by atoms with Crippen LogP contribution >= 0.6 is 0 Å². The fraction of sp³-hybridized carbons (Fsp3) is 0.208. The van der Waals surface area contributed by atoms with Gasteiger partial charge in [-0.3, -0.25) is 9.59 Å². The van der Waals surface area contributed by atoms with E-state index in [4.69, 9.17) is 4.42 Å². The predicted octanol–water partition coefficient (Wildman–Crippen LogP) is 5.47. The third-order valence-corrected chi connectivity index (χ3v) is 5.38. The number of aryl methyl sites for hydroxylation is 1. The Labute approximate surface area is 191 Å². The van der Waals surface area contributed by atoms with Gasteiger partial charge in [0, 0.05) is 28.8 Å². The molecular weight excluding hydrogens is 454 g/mol. The molecule has 6 nitrogen and oxygen atoms in total. The molecule has 3 aromatic rings. The average molecular weight is 473 g/mol. The molecule has 2 N–H and O–H groups in total. The highest BCUT2D eigenvalue weighted by Crippen LogP contribution is 2.32. The normalized spacial score (nSPS) is 14.6. The zero-order valence-corrected chi connectivity index (χ0v) is 17.9. The zero-order chi connectivity index (χ0) is 24.5. The molecule has 1 aliphatic carbocycles. The van der Waals surface area contributed by atoms with Gasteiger partial charge in [-0.05, 0) is 62.2 Å². The number of fused-ring (bicyclic) bond motifs is 1. The molecule has 0 bridgehead atoms. The van der Waals surface area contributed by atoms with Crippen molar-refractivity contribution in [2.24, 2.45) is 5.10 Å². The summed E-state index contributed by atoms with van der Waals surface area (Å²) in [7, 11) is 0. The lowest BCUT2D eigenvalue weighted by Gasteiger charge is -2.13. The van der Waals surface area contributed by atoms with Crippen LogP contribution in [-0.2, 0) is 12.6 Å². The standard InChI is InChI=1S/C24H19F4N3O3/c1-13-20-18(30-31-22(32)14-8-10-16(25)11-9-14)6-3-7-19(20)34-21(13)23(33)29-17-5-2-4-15(12-17)24(26,27)28/h2,4-5,8-12H,3,6-7H2,1H3,(H,29,33)(H,31,32)/b30-18+. The minimum atomic E-state index is -4.54. The number of rotatable bonds is 4. The summed E-state index contributed by atoms with van der Waals surface area (Å²) in [6, 6.07) is 9.29. The van der Waals surface area contributed by atoms with Crippen molar-refractivity contribution >= 4 is 23.2 Å². The van der Waals surface area contributed by atoms with Crippen molar-refractivity contribution in [3.8, 4) is 0 Å². The Bertz CT molecular complexity index is 1280. The maximum absolute atomic E-state index is 13.1. The molecule has 0 atom stereocenters. The Morgan fingerprint density at radius 2 is 1.76 bits per heavy atom. The number of amides is 2. The molecule has 1 aromatic heterocycles. The molecule has 0 radical (unpaired) electrons. The third-order valence-electron chi connectivity index (χ3n) is 5.38. The largest absolute Gasteiger partial charge is 0.455 e. The lowest BCUT2D eigenvalue weighted by molar-refractivity contribution is -0.137. The average Bonchev–Trinajstić information content (AvgIpc) is 3.15. The van der Waals surface area contributed by atoms with Crippen LogP contribution < -0.4 is 10.7 Å². The van der Waals surface area contributed by atoms with E-state index in [1.54, 1.807) is 6.92 Å². The van der Waals surface area contributed by atoms with E-state index in [0.717, 1.165) is 24.3 Å². The number of anilines is 1. The molecule has 10 heteroatoms. The van der Waals surface area contributed by atoms with Gasteiger partial charge in [0.2, 0.25) is 0 Å². The number of hydrogen-bond acceptors (Lipinski definition) is 4. The van der Waals surface area contributed by atoms with Crippen molar-refractivity contribution in [2.75, 3.05) is 5.32 Å². The van der Waals surface area contributed by atoms with Gasteiger partial charge >= 0.3 is 6.18 Å². The third kappa shape index (κ3) is 4.85. The van der Waals surface area contributed by atoms with Crippen LogP contribution in [0.15, 0.2) is 58.0 Å². The van der Waals surface area contributed by atoms with Gasteiger partial charge in [0.15, 0.2) is 5.76 Å². The van der Waals surface area contributed by atoms with E-state index in [1.807, 2.05) is 0 Å². The monoisotopic (exact) mass is 473 g/mol. The fourth-order valence-corrected chi connectivity index (χ4v) is 3.74. The van der Waals surface area contributed by atoms with E-state index in [1.165, 1.54) is 24.3 Å². The first-order chi connectivity index (χ1) is 16.1. The van der Waals surface area contributed by atoms with Crippen LogP contribution in [0, 0.1) is 12.7 Å². The molecule has 2 aromatic carbocycles. The van der Waals surface area contributed by atoms with E-state index in [0.29, 0.717) is 41.9 Å². The maximum Gasteiger partial charge on any atom is 0.416 e. The van der Waals surface area contributed by atoms with Crippen LogP contribution in [-0.4, -0.2) is 17.5 Å². The number of nitrogens with one attached hydrogen (secondary N) is 2. The maximum atomic E-state index is 13.1. The Morgan fingerprint density at radius 3 is 2.47 bits per heavy atom. The molecule has 0 fully saturated rings. The quantitative estimate of drug-likeness (QED) is 0.390. The molecule has 4 rings (SSSR count). The highest BCUT2D eigenvalue weighted by Gasteiger charge is 2.31. The highest BCUT2D eigenvalue weighted by atomic mass is 19.4. The number of furan rings is 1. The van der Waals surface area contributed by atoms with Gasteiger partial charge in [0.1, 0.15) is 11.6 Å². The number of halogens is 4. The second kappa shape index (κ2) is 9.12. The SMILES string of the molecule is Cc1c(C(=O)Nc2cccc(C(F)(F)F)c2)oc2c1/C(=N/NC(=O)c1ccc(F)cc1)CCC2. The first-order valence-corrected chi connectivity index (χ1v) is 10.4. The summed E-state index contributed by atoms with van der Waals surface area (Å²) in [5, 5.41) is 6.62. The van der Waals surface area contributed by atoms with Crippen LogP contribution in [0.4, 0.5) is 23.2 Å². The molecular formula is C24H19F4N3O3. The number of nitrogens with zero attached hydrogens (tertiary/aromatic N) is 1. The molecule has 2 amide bonds. The van der Waals surface area contributed by atoms with Gasteiger partial charge in [-0.1, -0.05) is 6.07 Å². The Morgan fingerprint density at radius 1 is 1.03 bits per heavy atom. The van der Waals surface area contributed by atoms with Crippen molar-refractivity contribution in [3.05, 3.63) is 88.1 Å². The van der Waals surface area contributed by atoms with Gasteiger partial charge in [0.25, 0.3) is 11.8 Å². The van der Waals surface area contributed by atoms with Crippen LogP contribution in [0.2, 0.25) is 0 Å². The molecule has 34 heavy (non-hydrogen) atoms. The molecule has 0 spiro atoms. The minimum absolute atomic E-state index is 0.0194. The summed E-state index contributed by atoms with van der Waals surface area (Å²) in [5.74, 6) is -1.22. The fourth-order valence-electron chi connectivity index (χ4n) is 3.74. The number of carbonyl (C=O) groups is 2. The van der Waals surface area contributed by atoms with E-state index in [-0.39, 0.29) is 17.0 Å². The smallest absolute Gasteiger partial charge is 0.416 e. The van der Waals surface area contributed by atoms with Crippen molar-refractivity contribution in [2.45, 2.75) is 32.4 Å². The lowest BCUT2D eigenvalue weighted by atomic mass is 9.93. The van der Waals surface area contributed by atoms with E-state index in [2.05, 4.69) is 15.8 Å². The highest BCUT2D eigenvalue weighted by molar-refractivity contribution is 6.09. The Hall–Kier alpha value is -3.95. The predicted molar refractivity (Wildman–Crippen MR) is 116 cm³/mol. The molecule has 176 valence electrons. The molecule has 1 heterocycles. The van der Waals surface area contributed by atoms with Gasteiger partial charge in [-0.25, -0.2) is 9.82 Å². The van der Waals surface area contributed by atoms with Crippen molar-refractivity contribution in [3.63, 3.8) is 0 Å². The molecule has 1 aliphatic rings. The molecule has 0 unspecified atom stereocenters. The number of hydrogen-bond donors (Lipinski definition) is 2. The van der Waals surface area contributed by atoms with E-state index >= 15 is 0 Å². The molecule has 0 saturated carbocycles. The first kappa shape index (κ1) is 23.2.